The summed E-state index contributed by atoms with van der Waals surface area (Å²) in [7, 11) is 0. The van der Waals surface area contributed by atoms with Crippen molar-refractivity contribution in [2.75, 3.05) is 13.1 Å². The maximum atomic E-state index is 10.6. The molecule has 0 aliphatic carbocycles. The summed E-state index contributed by atoms with van der Waals surface area (Å²) < 4.78 is -0.0132. The minimum absolute atomic E-state index is 0.0132. The van der Waals surface area contributed by atoms with Crippen molar-refractivity contribution in [2.24, 2.45) is 15.9 Å². The fourth-order valence-electron chi connectivity index (χ4n) is 2.09. The van der Waals surface area contributed by atoms with Crippen LogP contribution in [0.15, 0.2) is 33.8 Å². The standard InChI is InChI=1S/C10H9ClN4O2/c11-15-2-1-12-3-8(15)9(13-6-15)7-4-14(5-7)10(16)17/h1-3,6-7H,4-5H2. The summed E-state index contributed by atoms with van der Waals surface area (Å²) in [5.74, 6) is 0.0795. The van der Waals surface area contributed by atoms with Crippen molar-refractivity contribution in [3.8, 4) is 0 Å². The van der Waals surface area contributed by atoms with Gasteiger partial charge in [-0.2, -0.15) is 4.99 Å². The molecule has 88 valence electrons. The lowest BCUT2D eigenvalue weighted by molar-refractivity contribution is -0.592. The molecule has 3 rings (SSSR count). The Labute approximate surface area is 103 Å². The van der Waals surface area contributed by atoms with Gasteiger partial charge in [0.2, 0.25) is 12.0 Å². The topological polar surface area (TPSA) is 68.1 Å². The number of allylic oxidation sites excluding steroid dienone is 1. The fourth-order valence-corrected chi connectivity index (χ4v) is 2.31. The smallest absolute Gasteiger partial charge is 0.218 e. The van der Waals surface area contributed by atoms with E-state index in [1.165, 1.54) is 4.90 Å². The van der Waals surface area contributed by atoms with Gasteiger partial charge in [-0.1, -0.05) is 0 Å². The summed E-state index contributed by atoms with van der Waals surface area (Å²) in [6.45, 7) is 0.819. The summed E-state index contributed by atoms with van der Waals surface area (Å²) in [6.07, 6.45) is 5.45. The van der Waals surface area contributed by atoms with E-state index in [9.17, 15) is 9.90 Å². The number of hydrogen-bond donors (Lipinski definition) is 0. The second kappa shape index (κ2) is 3.41. The third-order valence-electron chi connectivity index (χ3n) is 3.09. The van der Waals surface area contributed by atoms with Crippen LogP contribution in [0.25, 0.3) is 0 Å². The van der Waals surface area contributed by atoms with Crippen LogP contribution in [0.1, 0.15) is 0 Å². The van der Waals surface area contributed by atoms with E-state index < -0.39 is 6.09 Å². The van der Waals surface area contributed by atoms with Gasteiger partial charge in [0.15, 0.2) is 11.8 Å². The first-order chi connectivity index (χ1) is 8.10. The van der Waals surface area contributed by atoms with E-state index in [-0.39, 0.29) is 9.92 Å². The number of likely N-dealkylation sites (tertiary alicyclic amines) is 1. The van der Waals surface area contributed by atoms with Crippen molar-refractivity contribution >= 4 is 30.4 Å². The number of halogens is 1. The molecule has 17 heavy (non-hydrogen) atoms. The van der Waals surface area contributed by atoms with Crippen LogP contribution in [0.4, 0.5) is 4.79 Å². The van der Waals surface area contributed by atoms with Gasteiger partial charge in [-0.05, 0) is 0 Å². The molecule has 3 heterocycles. The van der Waals surface area contributed by atoms with Gasteiger partial charge >= 0.3 is 0 Å². The van der Waals surface area contributed by atoms with Crippen molar-refractivity contribution in [1.29, 1.82) is 0 Å². The number of rotatable bonds is 1. The zero-order valence-electron chi connectivity index (χ0n) is 8.78. The number of nitrogens with zero attached hydrogens (tertiary/aromatic N) is 4. The van der Waals surface area contributed by atoms with Crippen LogP contribution < -0.4 is 5.11 Å². The van der Waals surface area contributed by atoms with E-state index in [1.54, 1.807) is 25.0 Å². The summed E-state index contributed by atoms with van der Waals surface area (Å²) in [4.78, 5) is 20.1. The van der Waals surface area contributed by atoms with Crippen LogP contribution >= 0.6 is 11.8 Å². The monoisotopic (exact) mass is 252 g/mol. The zero-order chi connectivity index (χ0) is 12.0. The third kappa shape index (κ3) is 1.49. The van der Waals surface area contributed by atoms with Gasteiger partial charge in [-0.15, -0.1) is 4.00 Å². The van der Waals surface area contributed by atoms with Gasteiger partial charge in [0.05, 0.1) is 12.4 Å². The predicted octanol–water partition coefficient (Wildman–Crippen LogP) is 0.0412. The molecule has 0 spiro atoms. The highest BCUT2D eigenvalue weighted by atomic mass is 35.5. The Morgan fingerprint density at radius 1 is 1.59 bits per heavy atom. The molecule has 6 nitrogen and oxygen atoms in total. The Hall–Kier alpha value is -1.66. The van der Waals surface area contributed by atoms with E-state index >= 15 is 0 Å². The van der Waals surface area contributed by atoms with E-state index in [4.69, 9.17) is 11.8 Å². The number of fused-ring (bicyclic) bond motifs is 1. The van der Waals surface area contributed by atoms with Gasteiger partial charge in [0, 0.05) is 19.0 Å². The lowest BCUT2D eigenvalue weighted by Crippen LogP contribution is -2.55. The minimum Gasteiger partial charge on any atom is -0.530 e. The van der Waals surface area contributed by atoms with Gasteiger partial charge in [0.25, 0.3) is 0 Å². The molecule has 0 aromatic carbocycles. The molecule has 1 amide bonds. The molecule has 0 aromatic rings. The quantitative estimate of drug-likeness (QED) is 0.619. The van der Waals surface area contributed by atoms with Crippen molar-refractivity contribution in [2.45, 2.75) is 0 Å². The number of amides is 1. The van der Waals surface area contributed by atoms with Crippen molar-refractivity contribution < 1.29 is 13.9 Å². The normalized spacial score (nSPS) is 30.8. The van der Waals surface area contributed by atoms with Crippen LogP contribution in [0.3, 0.4) is 0 Å². The van der Waals surface area contributed by atoms with Gasteiger partial charge < -0.3 is 14.8 Å². The molecule has 3 aliphatic rings. The predicted molar refractivity (Wildman–Crippen MR) is 59.7 cm³/mol. The van der Waals surface area contributed by atoms with Crippen LogP contribution in [-0.4, -0.2) is 40.6 Å². The summed E-state index contributed by atoms with van der Waals surface area (Å²) in [5.41, 5.74) is 1.60. The van der Waals surface area contributed by atoms with E-state index in [0.717, 1.165) is 11.4 Å². The van der Waals surface area contributed by atoms with E-state index in [2.05, 4.69) is 9.98 Å². The van der Waals surface area contributed by atoms with Crippen molar-refractivity contribution in [1.82, 2.24) is 4.90 Å². The molecule has 1 saturated heterocycles. The zero-order valence-corrected chi connectivity index (χ0v) is 9.54. The molecular weight excluding hydrogens is 244 g/mol. The van der Waals surface area contributed by atoms with E-state index in [1.807, 2.05) is 0 Å². The molecule has 0 bridgehead atoms. The minimum atomic E-state index is -1.14. The first-order valence-electron chi connectivity index (χ1n) is 5.15. The Morgan fingerprint density at radius 2 is 2.35 bits per heavy atom. The van der Waals surface area contributed by atoms with Crippen LogP contribution in [0.2, 0.25) is 0 Å². The van der Waals surface area contributed by atoms with Crippen molar-refractivity contribution in [3.63, 3.8) is 0 Å². The van der Waals surface area contributed by atoms with Crippen LogP contribution in [0, 0.1) is 5.92 Å². The SMILES string of the molecule is O=C([O-])N1CC(C2=C3C=NC=C[N+]3(Cl)C=N2)C1. The number of carbonyl (C=O) groups is 1. The molecule has 0 aromatic heterocycles. The molecule has 1 fully saturated rings. The molecule has 7 heteroatoms. The number of quaternary nitrogens is 1. The molecule has 0 saturated carbocycles. The maximum absolute atomic E-state index is 10.6. The lowest BCUT2D eigenvalue weighted by Gasteiger charge is -2.40. The number of aliphatic imine (C=N–C) groups is 2. The third-order valence-corrected chi connectivity index (χ3v) is 3.47. The highest BCUT2D eigenvalue weighted by Crippen LogP contribution is 2.37. The number of carbonyl (C=O) groups excluding carboxylic acids is 1. The molecule has 1 atom stereocenters. The first-order valence-corrected chi connectivity index (χ1v) is 5.49. The molecule has 1 unspecified atom stereocenters. The van der Waals surface area contributed by atoms with E-state index in [0.29, 0.717) is 13.1 Å². The van der Waals surface area contributed by atoms with Gasteiger partial charge in [-0.25, -0.2) is 0 Å². The average Bonchev–Trinajstić information content (AvgIpc) is 2.54. The Balaban J connectivity index is 1.84. The summed E-state index contributed by atoms with van der Waals surface area (Å²) in [5, 5.41) is 10.6. The van der Waals surface area contributed by atoms with Crippen LogP contribution in [-0.2, 0) is 0 Å². The lowest BCUT2D eigenvalue weighted by atomic mass is 9.95. The number of carboxylic acid groups (broad SMARTS) is 1. The van der Waals surface area contributed by atoms with Gasteiger partial charge in [0.1, 0.15) is 18.0 Å². The highest BCUT2D eigenvalue weighted by molar-refractivity contribution is 6.14. The summed E-state index contributed by atoms with van der Waals surface area (Å²) in [6, 6.07) is 0. The maximum Gasteiger partial charge on any atom is 0.218 e. The molecule has 0 N–H and O–H groups in total. The second-order valence-electron chi connectivity index (χ2n) is 4.15. The summed E-state index contributed by atoms with van der Waals surface area (Å²) >= 11 is 6.30. The Kier molecular flexibility index (Phi) is 2.11. The van der Waals surface area contributed by atoms with Crippen LogP contribution in [0.5, 0.6) is 0 Å². The Morgan fingerprint density at radius 3 is 3.06 bits per heavy atom. The first kappa shape index (κ1) is 10.5. The molecule has 3 aliphatic heterocycles. The Bertz CT molecular complexity index is 504. The largest absolute Gasteiger partial charge is 0.530 e. The second-order valence-corrected chi connectivity index (χ2v) is 4.71. The molecular formula is C10H9ClN4O2. The molecule has 0 radical (unpaired) electrons. The number of hydrogen-bond acceptors (Lipinski definition) is 4. The fraction of sp³-hybridized carbons (Fsp3) is 0.300. The van der Waals surface area contributed by atoms with Gasteiger partial charge in [-0.3, -0.25) is 4.99 Å². The highest BCUT2D eigenvalue weighted by Gasteiger charge is 2.43. The van der Waals surface area contributed by atoms with Crippen molar-refractivity contribution in [3.05, 3.63) is 23.8 Å². The average molecular weight is 253 g/mol.